The zero-order chi connectivity index (χ0) is 22.3. The first-order chi connectivity index (χ1) is 15.0. The Bertz CT molecular complexity index is 819. The average Bonchev–Trinajstić information content (AvgIpc) is 2.79. The fourth-order valence-corrected chi connectivity index (χ4v) is 9.96. The van der Waals surface area contributed by atoms with Crippen molar-refractivity contribution in [1.82, 2.24) is 5.32 Å². The van der Waals surface area contributed by atoms with E-state index in [0.29, 0.717) is 17.8 Å². The standard InChI is InChI=1S/C28H42NOP/c1-5-6-13-20-29-28(24-14-9-7-10-15-24)31(30,25-16-11-8-12-17-25)27-21-23(4)18-19-26(27)22(2)3/h7-12,14-17,22-23,26-29H,5-6,13,18-21H2,1-4H3/t23-,26+,27?,28-,31+/m1/s1. The summed E-state index contributed by atoms with van der Waals surface area (Å²) in [5.74, 6) is 1.56. The first-order valence-corrected chi connectivity index (χ1v) is 14.3. The number of hydrogen-bond donors (Lipinski definition) is 1. The van der Waals surface area contributed by atoms with E-state index in [1.165, 1.54) is 31.2 Å². The third-order valence-electron chi connectivity index (χ3n) is 7.26. The summed E-state index contributed by atoms with van der Waals surface area (Å²) in [4.78, 5) is 0. The second kappa shape index (κ2) is 11.5. The zero-order valence-corrected chi connectivity index (χ0v) is 20.9. The molecule has 3 rings (SSSR count). The molecule has 0 bridgehead atoms. The van der Waals surface area contributed by atoms with Crippen LogP contribution < -0.4 is 10.6 Å². The average molecular weight is 440 g/mol. The summed E-state index contributed by atoms with van der Waals surface area (Å²) < 4.78 is 15.5. The van der Waals surface area contributed by atoms with E-state index < -0.39 is 7.14 Å². The molecule has 3 heteroatoms. The Kier molecular flexibility index (Phi) is 8.99. The van der Waals surface area contributed by atoms with Gasteiger partial charge in [0.25, 0.3) is 0 Å². The molecule has 1 aliphatic rings. The normalized spacial score (nSPS) is 24.6. The molecule has 0 radical (unpaired) electrons. The Morgan fingerprint density at radius 3 is 2.23 bits per heavy atom. The van der Waals surface area contributed by atoms with Gasteiger partial charge in [-0.2, -0.15) is 0 Å². The van der Waals surface area contributed by atoms with Crippen molar-refractivity contribution in [1.29, 1.82) is 0 Å². The van der Waals surface area contributed by atoms with Crippen LogP contribution in [0.1, 0.15) is 77.6 Å². The minimum atomic E-state index is -2.79. The zero-order valence-electron chi connectivity index (χ0n) is 20.0. The molecule has 0 aromatic heterocycles. The molecule has 170 valence electrons. The van der Waals surface area contributed by atoms with Crippen molar-refractivity contribution in [2.24, 2.45) is 17.8 Å². The lowest BCUT2D eigenvalue weighted by Gasteiger charge is -2.45. The lowest BCUT2D eigenvalue weighted by atomic mass is 9.77. The van der Waals surface area contributed by atoms with Gasteiger partial charge in [-0.25, -0.2) is 0 Å². The van der Waals surface area contributed by atoms with Crippen molar-refractivity contribution in [3.8, 4) is 0 Å². The van der Waals surface area contributed by atoms with Gasteiger partial charge in [-0.3, -0.25) is 0 Å². The number of rotatable bonds is 10. The van der Waals surface area contributed by atoms with Crippen LogP contribution in [-0.4, -0.2) is 12.2 Å². The van der Waals surface area contributed by atoms with Gasteiger partial charge in [-0.05, 0) is 49.1 Å². The molecule has 0 heterocycles. The van der Waals surface area contributed by atoms with Gasteiger partial charge in [0.2, 0.25) is 0 Å². The van der Waals surface area contributed by atoms with E-state index in [0.717, 1.165) is 24.7 Å². The monoisotopic (exact) mass is 439 g/mol. The highest BCUT2D eigenvalue weighted by Gasteiger charge is 2.48. The maximum Gasteiger partial charge on any atom is 0.139 e. The Balaban J connectivity index is 2.11. The number of unbranched alkanes of at least 4 members (excludes halogenated alkanes) is 2. The first-order valence-electron chi connectivity index (χ1n) is 12.4. The summed E-state index contributed by atoms with van der Waals surface area (Å²) in [5.41, 5.74) is 1.40. The maximum absolute atomic E-state index is 15.5. The Morgan fingerprint density at radius 1 is 0.968 bits per heavy atom. The molecule has 2 aromatic rings. The SMILES string of the molecule is CCCCCN[C@@H](c1ccccc1)[P@](=O)(c1ccccc1)C1C[C@H](C)CC[C@H]1C(C)C. The van der Waals surface area contributed by atoms with Gasteiger partial charge in [0.1, 0.15) is 7.14 Å². The molecule has 2 nitrogen and oxygen atoms in total. The van der Waals surface area contributed by atoms with Gasteiger partial charge in [0.05, 0.1) is 5.78 Å². The fourth-order valence-electron chi connectivity index (χ4n) is 5.51. The van der Waals surface area contributed by atoms with Gasteiger partial charge < -0.3 is 9.88 Å². The quantitative estimate of drug-likeness (QED) is 0.305. The molecule has 0 aliphatic heterocycles. The number of benzene rings is 2. The second-order valence-corrected chi connectivity index (χ2v) is 13.0. The second-order valence-electron chi connectivity index (χ2n) is 9.91. The summed E-state index contributed by atoms with van der Waals surface area (Å²) in [6.07, 6.45) is 7.05. The summed E-state index contributed by atoms with van der Waals surface area (Å²) in [5, 5.41) is 4.87. The van der Waals surface area contributed by atoms with Crippen LogP contribution in [0.2, 0.25) is 0 Å². The molecule has 5 atom stereocenters. The van der Waals surface area contributed by atoms with Crippen LogP contribution in [0.3, 0.4) is 0 Å². The maximum atomic E-state index is 15.5. The molecular formula is C28H42NOP. The van der Waals surface area contributed by atoms with Crippen molar-refractivity contribution in [3.63, 3.8) is 0 Å². The van der Waals surface area contributed by atoms with Crippen molar-refractivity contribution in [2.75, 3.05) is 6.54 Å². The van der Waals surface area contributed by atoms with E-state index in [4.69, 9.17) is 0 Å². The van der Waals surface area contributed by atoms with Crippen molar-refractivity contribution in [3.05, 3.63) is 66.2 Å². The molecule has 1 unspecified atom stereocenters. The molecule has 31 heavy (non-hydrogen) atoms. The van der Waals surface area contributed by atoms with E-state index in [9.17, 15) is 0 Å². The predicted molar refractivity (Wildman–Crippen MR) is 136 cm³/mol. The minimum absolute atomic E-state index is 0.121. The highest BCUT2D eigenvalue weighted by Crippen LogP contribution is 2.66. The van der Waals surface area contributed by atoms with Gasteiger partial charge in [-0.15, -0.1) is 0 Å². The highest BCUT2D eigenvalue weighted by molar-refractivity contribution is 7.72. The van der Waals surface area contributed by atoms with Crippen LogP contribution in [0.25, 0.3) is 0 Å². The van der Waals surface area contributed by atoms with Crippen LogP contribution in [0, 0.1) is 17.8 Å². The van der Waals surface area contributed by atoms with E-state index in [1.807, 2.05) is 6.07 Å². The molecule has 1 saturated carbocycles. The Hall–Kier alpha value is -1.37. The highest BCUT2D eigenvalue weighted by atomic mass is 31.2. The van der Waals surface area contributed by atoms with Crippen LogP contribution in [-0.2, 0) is 4.57 Å². The third-order valence-corrected chi connectivity index (χ3v) is 11.2. The number of hydrogen-bond acceptors (Lipinski definition) is 2. The first kappa shape index (κ1) is 24.3. The van der Waals surface area contributed by atoms with E-state index in [1.54, 1.807) is 0 Å². The van der Waals surface area contributed by atoms with Crippen LogP contribution in [0.4, 0.5) is 0 Å². The summed E-state index contributed by atoms with van der Waals surface area (Å²) in [7, 11) is -2.79. The Labute approximate surface area is 190 Å². The smallest absolute Gasteiger partial charge is 0.139 e. The van der Waals surface area contributed by atoms with E-state index in [-0.39, 0.29) is 11.4 Å². The van der Waals surface area contributed by atoms with Crippen molar-refractivity contribution >= 4 is 12.4 Å². The Morgan fingerprint density at radius 2 is 1.61 bits per heavy atom. The lowest BCUT2D eigenvalue weighted by Crippen LogP contribution is -2.39. The number of nitrogens with one attached hydrogen (secondary N) is 1. The largest absolute Gasteiger partial charge is 0.316 e. The molecule has 0 saturated heterocycles. The summed E-state index contributed by atoms with van der Waals surface area (Å²) >= 11 is 0. The molecule has 1 fully saturated rings. The summed E-state index contributed by atoms with van der Waals surface area (Å²) in [6, 6.07) is 21.0. The topological polar surface area (TPSA) is 29.1 Å². The van der Waals surface area contributed by atoms with Gasteiger partial charge in [0.15, 0.2) is 0 Å². The molecule has 0 amide bonds. The fraction of sp³-hybridized carbons (Fsp3) is 0.571. The van der Waals surface area contributed by atoms with Crippen molar-refractivity contribution in [2.45, 2.75) is 77.7 Å². The van der Waals surface area contributed by atoms with E-state index >= 15 is 4.57 Å². The molecule has 2 aromatic carbocycles. The lowest BCUT2D eigenvalue weighted by molar-refractivity contribution is 0.235. The van der Waals surface area contributed by atoms with E-state index in [2.05, 4.69) is 87.6 Å². The molecule has 0 spiro atoms. The van der Waals surface area contributed by atoms with Gasteiger partial charge in [-0.1, -0.05) is 108 Å². The van der Waals surface area contributed by atoms with Gasteiger partial charge in [0, 0.05) is 11.0 Å². The van der Waals surface area contributed by atoms with Crippen molar-refractivity contribution < 1.29 is 4.57 Å². The van der Waals surface area contributed by atoms with Crippen LogP contribution in [0.5, 0.6) is 0 Å². The van der Waals surface area contributed by atoms with Gasteiger partial charge >= 0.3 is 0 Å². The molecular weight excluding hydrogens is 397 g/mol. The minimum Gasteiger partial charge on any atom is -0.316 e. The van der Waals surface area contributed by atoms with Crippen LogP contribution >= 0.6 is 7.14 Å². The molecule has 1 N–H and O–H groups in total. The third kappa shape index (κ3) is 5.71. The molecule has 1 aliphatic carbocycles. The summed E-state index contributed by atoms with van der Waals surface area (Å²) in [6.45, 7) is 10.2. The van der Waals surface area contributed by atoms with Crippen LogP contribution in [0.15, 0.2) is 60.7 Å². The predicted octanol–water partition coefficient (Wildman–Crippen LogP) is 7.61.